The monoisotopic (exact) mass is 282 g/mol. The number of nitrogens with one attached hydrogen (secondary N) is 1. The van der Waals surface area contributed by atoms with Gasteiger partial charge in [-0.15, -0.1) is 0 Å². The van der Waals surface area contributed by atoms with Crippen LogP contribution >= 0.6 is 0 Å². The van der Waals surface area contributed by atoms with E-state index in [2.05, 4.69) is 17.1 Å². The van der Waals surface area contributed by atoms with Crippen LogP contribution < -0.4 is 5.32 Å². The highest BCUT2D eigenvalue weighted by Gasteiger charge is 2.42. The molecule has 2 heterocycles. The summed E-state index contributed by atoms with van der Waals surface area (Å²) in [5, 5.41) is 3.07. The van der Waals surface area contributed by atoms with Gasteiger partial charge in [0.1, 0.15) is 0 Å². The van der Waals surface area contributed by atoms with Crippen molar-refractivity contribution in [3.63, 3.8) is 0 Å². The number of carbonyl (C=O) groups excluding carboxylic acids is 1. The highest BCUT2D eigenvalue weighted by atomic mass is 16.2. The number of urea groups is 1. The molecule has 1 N–H and O–H groups in total. The SMILES string of the molecule is Cc1ccc(NC(=O)N2C3CCC2CC(=C2CC2)C3)cc1. The number of carbonyl (C=O) groups is 1. The number of aryl methyl sites for hydroxylation is 1. The van der Waals surface area contributed by atoms with Crippen molar-refractivity contribution in [1.29, 1.82) is 0 Å². The highest BCUT2D eigenvalue weighted by Crippen LogP contribution is 2.44. The van der Waals surface area contributed by atoms with Crippen molar-refractivity contribution in [2.75, 3.05) is 5.32 Å². The van der Waals surface area contributed by atoms with E-state index in [0.717, 1.165) is 18.5 Å². The van der Waals surface area contributed by atoms with E-state index in [0.29, 0.717) is 12.1 Å². The van der Waals surface area contributed by atoms with E-state index in [9.17, 15) is 4.79 Å². The summed E-state index contributed by atoms with van der Waals surface area (Å²) in [6.07, 6.45) is 7.19. The Morgan fingerprint density at radius 1 is 1.05 bits per heavy atom. The second-order valence-electron chi connectivity index (χ2n) is 6.70. The number of hydrogen-bond donors (Lipinski definition) is 1. The third kappa shape index (κ3) is 2.45. The molecule has 2 atom stereocenters. The molecule has 110 valence electrons. The van der Waals surface area contributed by atoms with Crippen LogP contribution in [0.4, 0.5) is 10.5 Å². The molecule has 2 bridgehead atoms. The number of benzene rings is 1. The molecule has 3 heteroatoms. The quantitative estimate of drug-likeness (QED) is 0.768. The Morgan fingerprint density at radius 2 is 1.67 bits per heavy atom. The molecule has 1 saturated carbocycles. The molecule has 0 aromatic heterocycles. The number of rotatable bonds is 1. The van der Waals surface area contributed by atoms with Crippen LogP contribution in [0.1, 0.15) is 44.1 Å². The summed E-state index contributed by atoms with van der Waals surface area (Å²) in [6.45, 7) is 2.06. The molecule has 3 nitrogen and oxygen atoms in total. The lowest BCUT2D eigenvalue weighted by Crippen LogP contribution is -2.46. The van der Waals surface area contributed by atoms with Gasteiger partial charge in [-0.1, -0.05) is 28.8 Å². The van der Waals surface area contributed by atoms with Crippen molar-refractivity contribution >= 4 is 11.7 Å². The molecule has 2 aliphatic heterocycles. The topological polar surface area (TPSA) is 32.3 Å². The van der Waals surface area contributed by atoms with E-state index in [1.807, 2.05) is 24.3 Å². The van der Waals surface area contributed by atoms with Crippen LogP contribution in [-0.2, 0) is 0 Å². The Hall–Kier alpha value is -1.77. The normalized spacial score (nSPS) is 27.0. The Morgan fingerprint density at radius 3 is 2.24 bits per heavy atom. The summed E-state index contributed by atoms with van der Waals surface area (Å²) in [7, 11) is 0. The molecule has 3 aliphatic rings. The molecule has 2 amide bonds. The first-order valence-electron chi connectivity index (χ1n) is 8.06. The Balaban J connectivity index is 1.48. The van der Waals surface area contributed by atoms with Crippen molar-refractivity contribution in [3.8, 4) is 0 Å². The zero-order valence-electron chi connectivity index (χ0n) is 12.6. The van der Waals surface area contributed by atoms with Crippen LogP contribution in [0.2, 0.25) is 0 Å². The van der Waals surface area contributed by atoms with Gasteiger partial charge in [-0.3, -0.25) is 0 Å². The predicted octanol–water partition coefficient (Wildman–Crippen LogP) is 4.24. The lowest BCUT2D eigenvalue weighted by Gasteiger charge is -2.36. The third-order valence-corrected chi connectivity index (χ3v) is 5.12. The van der Waals surface area contributed by atoms with Gasteiger partial charge in [0.05, 0.1) is 0 Å². The molecule has 0 spiro atoms. The summed E-state index contributed by atoms with van der Waals surface area (Å²) in [6, 6.07) is 8.99. The Bertz CT molecular complexity index is 580. The predicted molar refractivity (Wildman–Crippen MR) is 84.3 cm³/mol. The van der Waals surface area contributed by atoms with Crippen LogP contribution in [0.5, 0.6) is 0 Å². The fourth-order valence-electron chi connectivity index (χ4n) is 3.88. The lowest BCUT2D eigenvalue weighted by molar-refractivity contribution is 0.173. The maximum absolute atomic E-state index is 12.6. The first-order valence-corrected chi connectivity index (χ1v) is 8.06. The number of allylic oxidation sites excluding steroid dienone is 1. The zero-order valence-corrected chi connectivity index (χ0v) is 12.6. The van der Waals surface area contributed by atoms with Crippen molar-refractivity contribution in [2.45, 2.75) is 57.5 Å². The van der Waals surface area contributed by atoms with Gasteiger partial charge in [0.25, 0.3) is 0 Å². The van der Waals surface area contributed by atoms with Gasteiger partial charge in [-0.05, 0) is 57.6 Å². The number of anilines is 1. The molecule has 2 unspecified atom stereocenters. The molecule has 3 fully saturated rings. The summed E-state index contributed by atoms with van der Waals surface area (Å²) in [5.41, 5.74) is 5.47. The Kier molecular flexibility index (Phi) is 3.02. The van der Waals surface area contributed by atoms with Crippen LogP contribution in [0.3, 0.4) is 0 Å². The molecule has 2 saturated heterocycles. The van der Waals surface area contributed by atoms with E-state index in [1.54, 1.807) is 11.1 Å². The second-order valence-corrected chi connectivity index (χ2v) is 6.70. The van der Waals surface area contributed by atoms with Crippen LogP contribution in [0.25, 0.3) is 0 Å². The summed E-state index contributed by atoms with van der Waals surface area (Å²) in [5.74, 6) is 0. The molecule has 0 radical (unpaired) electrons. The number of hydrogen-bond acceptors (Lipinski definition) is 1. The van der Waals surface area contributed by atoms with Gasteiger partial charge in [0, 0.05) is 17.8 Å². The van der Waals surface area contributed by atoms with Gasteiger partial charge in [0.2, 0.25) is 0 Å². The maximum Gasteiger partial charge on any atom is 0.322 e. The number of fused-ring (bicyclic) bond motifs is 2. The Labute approximate surface area is 126 Å². The third-order valence-electron chi connectivity index (χ3n) is 5.12. The molecule has 21 heavy (non-hydrogen) atoms. The van der Waals surface area contributed by atoms with Gasteiger partial charge >= 0.3 is 6.03 Å². The van der Waals surface area contributed by atoms with Gasteiger partial charge in [0.15, 0.2) is 0 Å². The molecule has 1 aliphatic carbocycles. The smallest absolute Gasteiger partial charge is 0.318 e. The van der Waals surface area contributed by atoms with Crippen molar-refractivity contribution in [3.05, 3.63) is 41.0 Å². The fourth-order valence-corrected chi connectivity index (χ4v) is 3.88. The first-order chi connectivity index (χ1) is 10.2. The molecular weight excluding hydrogens is 260 g/mol. The van der Waals surface area contributed by atoms with Crippen molar-refractivity contribution in [2.24, 2.45) is 0 Å². The largest absolute Gasteiger partial charge is 0.322 e. The number of piperidine rings is 1. The van der Waals surface area contributed by atoms with E-state index in [1.165, 1.54) is 31.2 Å². The van der Waals surface area contributed by atoms with Crippen molar-refractivity contribution in [1.82, 2.24) is 4.90 Å². The van der Waals surface area contributed by atoms with Gasteiger partial charge in [-0.25, -0.2) is 4.79 Å². The number of nitrogens with zero attached hydrogens (tertiary/aromatic N) is 1. The standard InChI is InChI=1S/C18H22N2O/c1-12-2-6-15(7-3-12)19-18(21)20-16-8-9-17(20)11-14(10-16)13-4-5-13/h2-3,6-7,16-17H,4-5,8-11H2,1H3,(H,19,21). The van der Waals surface area contributed by atoms with Crippen LogP contribution in [-0.4, -0.2) is 23.0 Å². The minimum absolute atomic E-state index is 0.0891. The molecule has 1 aromatic rings. The summed E-state index contributed by atoms with van der Waals surface area (Å²) in [4.78, 5) is 14.7. The molecule has 4 rings (SSSR count). The van der Waals surface area contributed by atoms with Gasteiger partial charge < -0.3 is 10.2 Å². The minimum atomic E-state index is 0.0891. The lowest BCUT2D eigenvalue weighted by atomic mass is 9.96. The second kappa shape index (κ2) is 4.90. The summed E-state index contributed by atoms with van der Waals surface area (Å²) >= 11 is 0. The average Bonchev–Trinajstić information content (AvgIpc) is 3.27. The van der Waals surface area contributed by atoms with Gasteiger partial charge in [-0.2, -0.15) is 0 Å². The van der Waals surface area contributed by atoms with Crippen molar-refractivity contribution < 1.29 is 4.79 Å². The van der Waals surface area contributed by atoms with Crippen LogP contribution in [0, 0.1) is 6.92 Å². The first kappa shape index (κ1) is 12.9. The molecular formula is C18H22N2O. The van der Waals surface area contributed by atoms with E-state index in [-0.39, 0.29) is 6.03 Å². The average molecular weight is 282 g/mol. The zero-order chi connectivity index (χ0) is 14.4. The summed E-state index contributed by atoms with van der Waals surface area (Å²) < 4.78 is 0. The van der Waals surface area contributed by atoms with E-state index in [4.69, 9.17) is 0 Å². The number of amides is 2. The van der Waals surface area contributed by atoms with Crippen LogP contribution in [0.15, 0.2) is 35.4 Å². The maximum atomic E-state index is 12.6. The minimum Gasteiger partial charge on any atom is -0.318 e. The van der Waals surface area contributed by atoms with E-state index < -0.39 is 0 Å². The fraction of sp³-hybridized carbons (Fsp3) is 0.500. The molecule has 1 aromatic carbocycles. The highest BCUT2D eigenvalue weighted by molar-refractivity contribution is 5.90. The van der Waals surface area contributed by atoms with E-state index >= 15 is 0 Å².